The van der Waals surface area contributed by atoms with Crippen LogP contribution in [0.2, 0.25) is 0 Å². The Bertz CT molecular complexity index is 304. The monoisotopic (exact) mass is 239 g/mol. The van der Waals surface area contributed by atoms with Gasteiger partial charge >= 0.3 is 0 Å². The van der Waals surface area contributed by atoms with Crippen LogP contribution in [-0.2, 0) is 6.42 Å². The fraction of sp³-hybridized carbons (Fsp3) is 0.538. The van der Waals surface area contributed by atoms with Crippen molar-refractivity contribution in [3.8, 4) is 5.75 Å². The number of methoxy groups -OCH3 is 1. The summed E-state index contributed by atoms with van der Waals surface area (Å²) in [6, 6.07) is 8.22. The van der Waals surface area contributed by atoms with Crippen LogP contribution >= 0.6 is 12.6 Å². The first-order valence-electron chi connectivity index (χ1n) is 5.69. The van der Waals surface area contributed by atoms with E-state index in [0.29, 0.717) is 0 Å². The van der Waals surface area contributed by atoms with Gasteiger partial charge in [-0.05, 0) is 43.8 Å². The lowest BCUT2D eigenvalue weighted by Gasteiger charge is -2.16. The quantitative estimate of drug-likeness (QED) is 0.734. The molecule has 0 fully saturated rings. The average molecular weight is 239 g/mol. The van der Waals surface area contributed by atoms with E-state index >= 15 is 0 Å². The second-order valence-corrected chi connectivity index (χ2v) is 4.39. The largest absolute Gasteiger partial charge is 0.496 e. The zero-order valence-corrected chi connectivity index (χ0v) is 11.0. The number of ether oxygens (including phenoxy) is 1. The standard InChI is InChI=1S/C13H21NOS/c1-14(9-5-11-16)10-8-12-6-3-4-7-13(12)15-2/h3-4,6-7,16H,5,8-11H2,1-2H3. The molecule has 0 unspecified atom stereocenters. The molecule has 16 heavy (non-hydrogen) atoms. The zero-order valence-electron chi connectivity index (χ0n) is 10.1. The summed E-state index contributed by atoms with van der Waals surface area (Å²) in [5, 5.41) is 0. The Labute approximate surface area is 104 Å². The maximum Gasteiger partial charge on any atom is 0.122 e. The summed E-state index contributed by atoms with van der Waals surface area (Å²) >= 11 is 4.22. The van der Waals surface area contributed by atoms with Crippen LogP contribution < -0.4 is 4.74 Å². The molecule has 0 aliphatic carbocycles. The molecule has 0 aliphatic rings. The molecule has 2 nitrogen and oxygen atoms in total. The van der Waals surface area contributed by atoms with Gasteiger partial charge in [0.2, 0.25) is 0 Å². The number of likely N-dealkylation sites (N-methyl/N-ethyl adjacent to an activating group) is 1. The molecule has 0 atom stereocenters. The van der Waals surface area contributed by atoms with E-state index in [1.165, 1.54) is 5.56 Å². The summed E-state index contributed by atoms with van der Waals surface area (Å²) in [7, 11) is 3.88. The molecule has 0 bridgehead atoms. The van der Waals surface area contributed by atoms with Crippen molar-refractivity contribution in [2.75, 3.05) is 33.0 Å². The summed E-state index contributed by atoms with van der Waals surface area (Å²) in [5.74, 6) is 1.95. The molecule has 1 aromatic carbocycles. The summed E-state index contributed by atoms with van der Waals surface area (Å²) < 4.78 is 5.33. The van der Waals surface area contributed by atoms with E-state index in [1.807, 2.05) is 12.1 Å². The van der Waals surface area contributed by atoms with Crippen molar-refractivity contribution in [3.05, 3.63) is 29.8 Å². The maximum atomic E-state index is 5.33. The van der Waals surface area contributed by atoms with E-state index in [9.17, 15) is 0 Å². The number of thiol groups is 1. The third kappa shape index (κ3) is 4.45. The molecule has 1 rings (SSSR count). The summed E-state index contributed by atoms with van der Waals surface area (Å²) in [6.45, 7) is 2.17. The Morgan fingerprint density at radius 3 is 2.69 bits per heavy atom. The van der Waals surface area contributed by atoms with Crippen molar-refractivity contribution >= 4 is 12.6 Å². The molecule has 0 N–H and O–H groups in total. The highest BCUT2D eigenvalue weighted by molar-refractivity contribution is 7.80. The SMILES string of the molecule is COc1ccccc1CCN(C)CCCS. The van der Waals surface area contributed by atoms with Crippen molar-refractivity contribution < 1.29 is 4.74 Å². The predicted octanol–water partition coefficient (Wildman–Crippen LogP) is 2.49. The fourth-order valence-electron chi connectivity index (χ4n) is 1.67. The Morgan fingerprint density at radius 1 is 1.25 bits per heavy atom. The Hall–Kier alpha value is -0.670. The number of hydrogen-bond acceptors (Lipinski definition) is 3. The molecular formula is C13H21NOS. The molecule has 90 valence electrons. The lowest BCUT2D eigenvalue weighted by Crippen LogP contribution is -2.22. The second kappa shape index (κ2) is 7.58. The average Bonchev–Trinajstić information content (AvgIpc) is 2.34. The first-order valence-corrected chi connectivity index (χ1v) is 6.32. The van der Waals surface area contributed by atoms with Gasteiger partial charge in [-0.25, -0.2) is 0 Å². The van der Waals surface area contributed by atoms with Gasteiger partial charge in [-0.2, -0.15) is 12.6 Å². The minimum Gasteiger partial charge on any atom is -0.496 e. The van der Waals surface area contributed by atoms with Gasteiger partial charge < -0.3 is 9.64 Å². The van der Waals surface area contributed by atoms with Gasteiger partial charge in [-0.1, -0.05) is 18.2 Å². The van der Waals surface area contributed by atoms with Crippen LogP contribution in [0.25, 0.3) is 0 Å². The molecule has 0 spiro atoms. The highest BCUT2D eigenvalue weighted by Gasteiger charge is 2.03. The van der Waals surface area contributed by atoms with E-state index in [4.69, 9.17) is 4.74 Å². The zero-order chi connectivity index (χ0) is 11.8. The van der Waals surface area contributed by atoms with Gasteiger partial charge in [0.05, 0.1) is 7.11 Å². The molecular weight excluding hydrogens is 218 g/mol. The molecule has 3 heteroatoms. The topological polar surface area (TPSA) is 12.5 Å². The van der Waals surface area contributed by atoms with E-state index in [-0.39, 0.29) is 0 Å². The van der Waals surface area contributed by atoms with Crippen molar-refractivity contribution in [1.82, 2.24) is 4.90 Å². The minimum atomic E-state index is 0.957. The van der Waals surface area contributed by atoms with Crippen molar-refractivity contribution in [2.24, 2.45) is 0 Å². The van der Waals surface area contributed by atoms with Gasteiger partial charge in [0, 0.05) is 6.54 Å². The smallest absolute Gasteiger partial charge is 0.122 e. The highest BCUT2D eigenvalue weighted by atomic mass is 32.1. The highest BCUT2D eigenvalue weighted by Crippen LogP contribution is 2.17. The first kappa shape index (κ1) is 13.4. The van der Waals surface area contributed by atoms with Gasteiger partial charge in [-0.3, -0.25) is 0 Å². The third-order valence-electron chi connectivity index (χ3n) is 2.65. The van der Waals surface area contributed by atoms with Crippen LogP contribution in [0.15, 0.2) is 24.3 Å². The van der Waals surface area contributed by atoms with Crippen LogP contribution in [0.4, 0.5) is 0 Å². The van der Waals surface area contributed by atoms with Gasteiger partial charge in [0.25, 0.3) is 0 Å². The fourth-order valence-corrected chi connectivity index (χ4v) is 1.81. The number of para-hydroxylation sites is 1. The maximum absolute atomic E-state index is 5.33. The Kier molecular flexibility index (Phi) is 6.34. The predicted molar refractivity (Wildman–Crippen MR) is 72.7 cm³/mol. The number of nitrogens with zero attached hydrogens (tertiary/aromatic N) is 1. The molecule has 1 aromatic rings. The summed E-state index contributed by atoms with van der Waals surface area (Å²) in [5.41, 5.74) is 1.28. The molecule has 0 saturated heterocycles. The van der Waals surface area contributed by atoms with E-state index in [0.717, 1.165) is 37.4 Å². The van der Waals surface area contributed by atoms with Gasteiger partial charge in [0.15, 0.2) is 0 Å². The molecule has 0 heterocycles. The molecule has 0 radical (unpaired) electrons. The van der Waals surface area contributed by atoms with E-state index in [2.05, 4.69) is 36.7 Å². The van der Waals surface area contributed by atoms with Crippen LogP contribution in [0.3, 0.4) is 0 Å². The third-order valence-corrected chi connectivity index (χ3v) is 2.97. The minimum absolute atomic E-state index is 0.957. The van der Waals surface area contributed by atoms with Crippen molar-refractivity contribution in [2.45, 2.75) is 12.8 Å². The lowest BCUT2D eigenvalue weighted by atomic mass is 10.1. The number of rotatable bonds is 7. The van der Waals surface area contributed by atoms with Crippen LogP contribution in [0, 0.1) is 0 Å². The van der Waals surface area contributed by atoms with Crippen LogP contribution in [0.5, 0.6) is 5.75 Å². The van der Waals surface area contributed by atoms with E-state index in [1.54, 1.807) is 7.11 Å². The number of hydrogen-bond donors (Lipinski definition) is 1. The summed E-state index contributed by atoms with van der Waals surface area (Å²) in [4.78, 5) is 2.34. The normalized spacial score (nSPS) is 10.8. The first-order chi connectivity index (χ1) is 7.77. The van der Waals surface area contributed by atoms with Crippen LogP contribution in [0.1, 0.15) is 12.0 Å². The Balaban J connectivity index is 2.41. The Morgan fingerprint density at radius 2 is 2.00 bits per heavy atom. The van der Waals surface area contributed by atoms with Gasteiger partial charge in [0.1, 0.15) is 5.75 Å². The summed E-state index contributed by atoms with van der Waals surface area (Å²) in [6.07, 6.45) is 2.18. The van der Waals surface area contributed by atoms with Gasteiger partial charge in [-0.15, -0.1) is 0 Å². The number of benzene rings is 1. The van der Waals surface area contributed by atoms with Crippen LogP contribution in [-0.4, -0.2) is 37.9 Å². The second-order valence-electron chi connectivity index (χ2n) is 3.94. The molecule has 0 saturated carbocycles. The molecule has 0 amide bonds. The molecule has 0 aromatic heterocycles. The van der Waals surface area contributed by atoms with E-state index < -0.39 is 0 Å². The molecule has 0 aliphatic heterocycles. The lowest BCUT2D eigenvalue weighted by molar-refractivity contribution is 0.336. The van der Waals surface area contributed by atoms with Crippen molar-refractivity contribution in [3.63, 3.8) is 0 Å². The van der Waals surface area contributed by atoms with Crippen molar-refractivity contribution in [1.29, 1.82) is 0 Å².